The maximum Gasteiger partial charge on any atom is 0.119 e. The molecule has 1 aromatic rings. The van der Waals surface area contributed by atoms with E-state index >= 15 is 0 Å². The van der Waals surface area contributed by atoms with Gasteiger partial charge in [0.15, 0.2) is 0 Å². The van der Waals surface area contributed by atoms with Gasteiger partial charge in [0, 0.05) is 12.6 Å². The van der Waals surface area contributed by atoms with Crippen molar-refractivity contribution in [2.75, 3.05) is 26.4 Å². The van der Waals surface area contributed by atoms with E-state index in [1.54, 1.807) is 0 Å². The van der Waals surface area contributed by atoms with Crippen LogP contribution in [0.1, 0.15) is 45.2 Å². The monoisotopic (exact) mass is 265 g/mol. The molecule has 1 unspecified atom stereocenters. The highest BCUT2D eigenvalue weighted by molar-refractivity contribution is 5.29. The molecule has 3 nitrogen and oxygen atoms in total. The Morgan fingerprint density at radius 3 is 2.32 bits per heavy atom. The third-order valence-electron chi connectivity index (χ3n) is 2.99. The molecule has 0 amide bonds. The fraction of sp³-hybridized carbons (Fsp3) is 0.625. The first-order valence-corrected chi connectivity index (χ1v) is 7.35. The van der Waals surface area contributed by atoms with Crippen LogP contribution in [-0.4, -0.2) is 26.4 Å². The van der Waals surface area contributed by atoms with Crippen molar-refractivity contribution in [3.05, 3.63) is 29.8 Å². The van der Waals surface area contributed by atoms with Gasteiger partial charge in [-0.3, -0.25) is 0 Å². The normalized spacial score (nSPS) is 12.4. The Hall–Kier alpha value is -1.06. The first kappa shape index (κ1) is 16.0. The molecule has 3 heteroatoms. The highest BCUT2D eigenvalue weighted by Crippen LogP contribution is 2.20. The Morgan fingerprint density at radius 1 is 1.00 bits per heavy atom. The first-order chi connectivity index (χ1) is 9.31. The Bertz CT molecular complexity index is 324. The maximum absolute atomic E-state index is 5.64. The zero-order valence-corrected chi connectivity index (χ0v) is 12.4. The minimum absolute atomic E-state index is 0.437. The molecule has 0 aliphatic carbocycles. The molecular formula is C16H27NO2. The van der Waals surface area contributed by atoms with Gasteiger partial charge in [-0.15, -0.1) is 0 Å². The summed E-state index contributed by atoms with van der Waals surface area (Å²) in [5, 5.41) is 3.47. The lowest BCUT2D eigenvalue weighted by atomic mass is 10.0. The van der Waals surface area contributed by atoms with E-state index in [2.05, 4.69) is 38.2 Å². The van der Waals surface area contributed by atoms with Gasteiger partial charge in [-0.1, -0.05) is 32.9 Å². The van der Waals surface area contributed by atoms with Crippen LogP contribution in [-0.2, 0) is 4.74 Å². The van der Waals surface area contributed by atoms with E-state index in [-0.39, 0.29) is 0 Å². The third kappa shape index (κ3) is 6.08. The van der Waals surface area contributed by atoms with Gasteiger partial charge in [0.1, 0.15) is 12.4 Å². The van der Waals surface area contributed by atoms with Crippen molar-refractivity contribution in [1.82, 2.24) is 5.32 Å². The third-order valence-corrected chi connectivity index (χ3v) is 2.99. The quantitative estimate of drug-likeness (QED) is 0.656. The second-order valence-electron chi connectivity index (χ2n) is 4.55. The predicted molar refractivity (Wildman–Crippen MR) is 79.8 cm³/mol. The Kier molecular flexibility index (Phi) is 8.26. The summed E-state index contributed by atoms with van der Waals surface area (Å²) in [5.74, 6) is 0.912. The molecule has 0 fully saturated rings. The summed E-state index contributed by atoms with van der Waals surface area (Å²) in [6.45, 7) is 9.51. The molecule has 1 atom stereocenters. The van der Waals surface area contributed by atoms with Crippen molar-refractivity contribution in [3.63, 3.8) is 0 Å². The fourth-order valence-electron chi connectivity index (χ4n) is 2.01. The van der Waals surface area contributed by atoms with E-state index in [4.69, 9.17) is 9.47 Å². The van der Waals surface area contributed by atoms with Crippen molar-refractivity contribution in [2.24, 2.45) is 0 Å². The summed E-state index contributed by atoms with van der Waals surface area (Å²) in [6.07, 6.45) is 2.15. The van der Waals surface area contributed by atoms with Gasteiger partial charge in [0.25, 0.3) is 0 Å². The van der Waals surface area contributed by atoms with Crippen LogP contribution in [0.15, 0.2) is 24.3 Å². The minimum Gasteiger partial charge on any atom is -0.491 e. The average Bonchev–Trinajstić information content (AvgIpc) is 2.45. The number of hydrogen-bond acceptors (Lipinski definition) is 3. The van der Waals surface area contributed by atoms with E-state index in [1.165, 1.54) is 5.56 Å². The van der Waals surface area contributed by atoms with E-state index in [0.29, 0.717) is 19.3 Å². The van der Waals surface area contributed by atoms with Crippen LogP contribution in [0.5, 0.6) is 5.75 Å². The lowest BCUT2D eigenvalue weighted by molar-refractivity contribution is 0.101. The van der Waals surface area contributed by atoms with Crippen LogP contribution in [0.4, 0.5) is 0 Å². The summed E-state index contributed by atoms with van der Waals surface area (Å²) < 4.78 is 11.0. The van der Waals surface area contributed by atoms with Crippen molar-refractivity contribution in [3.8, 4) is 5.75 Å². The van der Waals surface area contributed by atoms with Gasteiger partial charge in [-0.05, 0) is 37.1 Å². The zero-order chi connectivity index (χ0) is 13.9. The van der Waals surface area contributed by atoms with Crippen LogP contribution in [0.3, 0.4) is 0 Å². The molecule has 0 aliphatic heterocycles. The lowest BCUT2D eigenvalue weighted by Crippen LogP contribution is -2.19. The minimum atomic E-state index is 0.437. The van der Waals surface area contributed by atoms with E-state index in [0.717, 1.165) is 31.7 Å². The smallest absolute Gasteiger partial charge is 0.119 e. The summed E-state index contributed by atoms with van der Waals surface area (Å²) in [5.41, 5.74) is 1.32. The fourth-order valence-corrected chi connectivity index (χ4v) is 2.01. The molecule has 0 spiro atoms. The van der Waals surface area contributed by atoms with Crippen LogP contribution < -0.4 is 10.1 Å². The lowest BCUT2D eigenvalue weighted by Gasteiger charge is -2.16. The topological polar surface area (TPSA) is 30.5 Å². The molecule has 0 radical (unpaired) electrons. The van der Waals surface area contributed by atoms with Crippen molar-refractivity contribution < 1.29 is 9.47 Å². The predicted octanol–water partition coefficient (Wildman–Crippen LogP) is 3.55. The second kappa shape index (κ2) is 9.82. The number of hydrogen-bond donors (Lipinski definition) is 1. The first-order valence-electron chi connectivity index (χ1n) is 7.35. The second-order valence-corrected chi connectivity index (χ2v) is 4.55. The molecule has 1 rings (SSSR count). The van der Waals surface area contributed by atoms with Gasteiger partial charge in [-0.25, -0.2) is 0 Å². The molecular weight excluding hydrogens is 238 g/mol. The van der Waals surface area contributed by atoms with Crippen molar-refractivity contribution in [1.29, 1.82) is 0 Å². The Morgan fingerprint density at radius 2 is 1.74 bits per heavy atom. The zero-order valence-electron chi connectivity index (χ0n) is 12.4. The van der Waals surface area contributed by atoms with Gasteiger partial charge in [0.2, 0.25) is 0 Å². The maximum atomic E-state index is 5.64. The molecule has 1 N–H and O–H groups in total. The average molecular weight is 265 g/mol. The molecule has 0 saturated carbocycles. The molecule has 0 saturated heterocycles. The Balaban J connectivity index is 2.38. The van der Waals surface area contributed by atoms with Crippen LogP contribution in [0, 0.1) is 0 Å². The van der Waals surface area contributed by atoms with E-state index in [1.807, 2.05) is 12.1 Å². The van der Waals surface area contributed by atoms with Gasteiger partial charge < -0.3 is 14.8 Å². The molecule has 19 heavy (non-hydrogen) atoms. The summed E-state index contributed by atoms with van der Waals surface area (Å²) in [4.78, 5) is 0. The standard InChI is InChI=1S/C16H27NO2/c1-4-11-18-12-13-19-15-9-7-14(8-10-15)16(5-2)17-6-3/h7-10,16-17H,4-6,11-13H2,1-3H3. The van der Waals surface area contributed by atoms with Crippen LogP contribution in [0.2, 0.25) is 0 Å². The van der Waals surface area contributed by atoms with Crippen molar-refractivity contribution >= 4 is 0 Å². The van der Waals surface area contributed by atoms with Crippen LogP contribution >= 0.6 is 0 Å². The molecule has 0 aliphatic rings. The van der Waals surface area contributed by atoms with Crippen LogP contribution in [0.25, 0.3) is 0 Å². The van der Waals surface area contributed by atoms with E-state index < -0.39 is 0 Å². The SMILES string of the molecule is CCCOCCOc1ccc(C(CC)NCC)cc1. The largest absolute Gasteiger partial charge is 0.491 e. The highest BCUT2D eigenvalue weighted by atomic mass is 16.5. The molecule has 0 bridgehead atoms. The summed E-state index contributed by atoms with van der Waals surface area (Å²) in [6, 6.07) is 8.79. The number of benzene rings is 1. The molecule has 0 heterocycles. The van der Waals surface area contributed by atoms with Gasteiger partial charge in [-0.2, -0.15) is 0 Å². The molecule has 0 aromatic heterocycles. The molecule has 108 valence electrons. The van der Waals surface area contributed by atoms with Gasteiger partial charge >= 0.3 is 0 Å². The summed E-state index contributed by atoms with van der Waals surface area (Å²) in [7, 11) is 0. The number of ether oxygens (including phenoxy) is 2. The van der Waals surface area contributed by atoms with Gasteiger partial charge in [0.05, 0.1) is 6.61 Å². The highest BCUT2D eigenvalue weighted by Gasteiger charge is 2.07. The van der Waals surface area contributed by atoms with E-state index in [9.17, 15) is 0 Å². The summed E-state index contributed by atoms with van der Waals surface area (Å²) >= 11 is 0. The Labute approximate surface area is 117 Å². The number of rotatable bonds is 10. The molecule has 1 aromatic carbocycles. The van der Waals surface area contributed by atoms with Crippen molar-refractivity contribution in [2.45, 2.75) is 39.7 Å². The number of nitrogens with one attached hydrogen (secondary N) is 1.